The number of nitrogens with one attached hydrogen (secondary N) is 2. The van der Waals surface area contributed by atoms with Gasteiger partial charge in [-0.25, -0.2) is 4.79 Å². The zero-order valence-corrected chi connectivity index (χ0v) is 23.5. The van der Waals surface area contributed by atoms with Crippen LogP contribution in [0.3, 0.4) is 0 Å². The van der Waals surface area contributed by atoms with Crippen molar-refractivity contribution in [1.29, 1.82) is 0 Å². The maximum atomic E-state index is 14.2. The lowest BCUT2D eigenvalue weighted by Crippen LogP contribution is -2.58. The molecular formula is C32H35N3O6. The van der Waals surface area contributed by atoms with E-state index in [9.17, 15) is 19.2 Å². The summed E-state index contributed by atoms with van der Waals surface area (Å²) in [5.41, 5.74) is 3.82. The molecule has 9 heteroatoms. The standard InChI is InChI=1S/C32H35N3O6/c1-21(36)24-14-9-15-27(16-24)33-32(39)34-30(22(2)41-20-23-10-5-4-6-11-23)31(38)35-19-26-13-8-7-12-25(26)17-28(35)18-29(37)40-3/h4-16,22,28,30H,17-20H2,1-3H3,(H2,33,34,39)/t22-,28-,30+/m1/s1. The monoisotopic (exact) mass is 557 g/mol. The van der Waals surface area contributed by atoms with E-state index >= 15 is 0 Å². The summed E-state index contributed by atoms with van der Waals surface area (Å²) in [6, 6.07) is 21.7. The van der Waals surface area contributed by atoms with Crippen molar-refractivity contribution in [2.75, 3.05) is 12.4 Å². The van der Waals surface area contributed by atoms with Gasteiger partial charge >= 0.3 is 12.0 Å². The predicted molar refractivity (Wildman–Crippen MR) is 154 cm³/mol. The van der Waals surface area contributed by atoms with Crippen LogP contribution in [0.1, 0.15) is 47.3 Å². The van der Waals surface area contributed by atoms with E-state index in [1.54, 1.807) is 36.1 Å². The SMILES string of the molecule is COC(=O)C[C@H]1Cc2ccccc2CN1C(=O)[C@@H](NC(=O)Nc1cccc(C(C)=O)c1)[C@@H](C)OCc1ccccc1. The number of rotatable bonds is 10. The second-order valence-corrected chi connectivity index (χ2v) is 10.1. The third-order valence-electron chi connectivity index (χ3n) is 7.17. The van der Waals surface area contributed by atoms with Crippen molar-refractivity contribution in [2.24, 2.45) is 0 Å². The number of nitrogens with zero attached hydrogens (tertiary/aromatic N) is 1. The minimum atomic E-state index is -1.07. The number of fused-ring (bicyclic) bond motifs is 1. The van der Waals surface area contributed by atoms with Crippen molar-refractivity contribution < 1.29 is 28.7 Å². The Balaban J connectivity index is 1.58. The van der Waals surface area contributed by atoms with Crippen molar-refractivity contribution in [2.45, 2.75) is 58.0 Å². The van der Waals surface area contributed by atoms with E-state index in [-0.39, 0.29) is 31.3 Å². The Labute approximate surface area is 239 Å². The number of hydrogen-bond acceptors (Lipinski definition) is 6. The quantitative estimate of drug-likeness (QED) is 0.280. The van der Waals surface area contributed by atoms with Crippen LogP contribution in [0.5, 0.6) is 0 Å². The van der Waals surface area contributed by atoms with Gasteiger partial charge in [0.25, 0.3) is 0 Å². The summed E-state index contributed by atoms with van der Waals surface area (Å²) in [4.78, 5) is 53.1. The van der Waals surface area contributed by atoms with E-state index in [1.807, 2.05) is 54.6 Å². The number of Topliss-reactive ketones (excluding diaryl/α,β-unsaturated/α-hetero) is 1. The van der Waals surface area contributed by atoms with Gasteiger partial charge in [-0.15, -0.1) is 0 Å². The molecule has 0 unspecified atom stereocenters. The van der Waals surface area contributed by atoms with Gasteiger partial charge in [0.15, 0.2) is 5.78 Å². The third kappa shape index (κ3) is 7.79. The van der Waals surface area contributed by atoms with Gasteiger partial charge in [-0.2, -0.15) is 0 Å². The van der Waals surface area contributed by atoms with Crippen LogP contribution >= 0.6 is 0 Å². The Hall–Kier alpha value is -4.50. The first-order chi connectivity index (χ1) is 19.7. The molecule has 0 radical (unpaired) electrons. The molecule has 0 bridgehead atoms. The lowest BCUT2D eigenvalue weighted by Gasteiger charge is -2.39. The lowest BCUT2D eigenvalue weighted by atomic mass is 9.91. The largest absolute Gasteiger partial charge is 0.469 e. The Morgan fingerprint density at radius 2 is 1.66 bits per heavy atom. The lowest BCUT2D eigenvalue weighted by molar-refractivity contribution is -0.146. The molecule has 4 rings (SSSR count). The molecule has 3 amide bonds. The van der Waals surface area contributed by atoms with Gasteiger partial charge in [0.1, 0.15) is 6.04 Å². The molecular weight excluding hydrogens is 522 g/mol. The molecule has 214 valence electrons. The van der Waals surface area contributed by atoms with Gasteiger partial charge < -0.3 is 25.0 Å². The summed E-state index contributed by atoms with van der Waals surface area (Å²) < 4.78 is 11.0. The molecule has 0 saturated carbocycles. The molecule has 3 aromatic rings. The highest BCUT2D eigenvalue weighted by Crippen LogP contribution is 2.27. The Morgan fingerprint density at radius 1 is 0.951 bits per heavy atom. The zero-order chi connectivity index (χ0) is 29.4. The Bertz CT molecular complexity index is 1390. The second-order valence-electron chi connectivity index (χ2n) is 10.1. The van der Waals surface area contributed by atoms with Crippen LogP contribution in [0.25, 0.3) is 0 Å². The molecule has 2 N–H and O–H groups in total. The highest BCUT2D eigenvalue weighted by Gasteiger charge is 2.38. The summed E-state index contributed by atoms with van der Waals surface area (Å²) in [5.74, 6) is -0.929. The van der Waals surface area contributed by atoms with Gasteiger partial charge in [0.05, 0.1) is 26.2 Å². The average Bonchev–Trinajstić information content (AvgIpc) is 2.98. The summed E-state index contributed by atoms with van der Waals surface area (Å²) in [7, 11) is 1.32. The fourth-order valence-electron chi connectivity index (χ4n) is 4.88. The highest BCUT2D eigenvalue weighted by atomic mass is 16.5. The number of benzene rings is 3. The molecule has 1 aliphatic rings. The Kier molecular flexibility index (Phi) is 9.86. The fraction of sp³-hybridized carbons (Fsp3) is 0.312. The van der Waals surface area contributed by atoms with E-state index in [0.29, 0.717) is 17.7 Å². The average molecular weight is 558 g/mol. The van der Waals surface area contributed by atoms with E-state index in [1.165, 1.54) is 14.0 Å². The van der Waals surface area contributed by atoms with Gasteiger partial charge in [-0.1, -0.05) is 66.7 Å². The van der Waals surface area contributed by atoms with Crippen LogP contribution in [0.15, 0.2) is 78.9 Å². The molecule has 0 fully saturated rings. The summed E-state index contributed by atoms with van der Waals surface area (Å²) in [6.45, 7) is 3.70. The second kappa shape index (κ2) is 13.7. The van der Waals surface area contributed by atoms with Crippen LogP contribution in [-0.2, 0) is 38.6 Å². The van der Waals surface area contributed by atoms with Gasteiger partial charge in [-0.3, -0.25) is 14.4 Å². The fourth-order valence-corrected chi connectivity index (χ4v) is 4.88. The molecule has 1 heterocycles. The van der Waals surface area contributed by atoms with Crippen LogP contribution < -0.4 is 10.6 Å². The van der Waals surface area contributed by atoms with Crippen LogP contribution in [0.4, 0.5) is 10.5 Å². The number of hydrogen-bond donors (Lipinski definition) is 2. The minimum absolute atomic E-state index is 0.0204. The van der Waals surface area contributed by atoms with E-state index in [0.717, 1.165) is 16.7 Å². The van der Waals surface area contributed by atoms with Gasteiger partial charge in [-0.05, 0) is 49.1 Å². The topological polar surface area (TPSA) is 114 Å². The third-order valence-corrected chi connectivity index (χ3v) is 7.17. The van der Waals surface area contributed by atoms with Crippen LogP contribution in [-0.4, -0.2) is 53.9 Å². The number of ketones is 1. The van der Waals surface area contributed by atoms with E-state index < -0.39 is 30.2 Å². The van der Waals surface area contributed by atoms with Gasteiger partial charge in [0, 0.05) is 23.8 Å². The van der Waals surface area contributed by atoms with Crippen molar-refractivity contribution in [1.82, 2.24) is 10.2 Å². The van der Waals surface area contributed by atoms with Gasteiger partial charge in [0.2, 0.25) is 5.91 Å². The van der Waals surface area contributed by atoms with Crippen LogP contribution in [0.2, 0.25) is 0 Å². The summed E-state index contributed by atoms with van der Waals surface area (Å²) in [5, 5.41) is 5.51. The first-order valence-corrected chi connectivity index (χ1v) is 13.5. The highest BCUT2D eigenvalue weighted by molar-refractivity contribution is 5.98. The van der Waals surface area contributed by atoms with E-state index in [2.05, 4.69) is 10.6 Å². The summed E-state index contributed by atoms with van der Waals surface area (Å²) in [6.07, 6.45) is -0.215. The molecule has 0 saturated heterocycles. The molecule has 0 spiro atoms. The number of anilines is 1. The van der Waals surface area contributed by atoms with Crippen molar-refractivity contribution in [3.8, 4) is 0 Å². The molecule has 0 aromatic heterocycles. The smallest absolute Gasteiger partial charge is 0.319 e. The molecule has 3 aromatic carbocycles. The molecule has 1 aliphatic heterocycles. The number of amides is 3. The normalized spacial score (nSPS) is 15.7. The number of esters is 1. The predicted octanol–water partition coefficient (Wildman–Crippen LogP) is 4.50. The minimum Gasteiger partial charge on any atom is -0.469 e. The number of carbonyl (C=O) groups excluding carboxylic acids is 4. The Morgan fingerprint density at radius 3 is 2.37 bits per heavy atom. The first-order valence-electron chi connectivity index (χ1n) is 13.5. The molecule has 3 atom stereocenters. The molecule has 0 aliphatic carbocycles. The maximum absolute atomic E-state index is 14.2. The van der Waals surface area contributed by atoms with Crippen molar-refractivity contribution >= 4 is 29.4 Å². The van der Waals surface area contributed by atoms with E-state index in [4.69, 9.17) is 9.47 Å². The number of methoxy groups -OCH3 is 1. The van der Waals surface area contributed by atoms with Crippen LogP contribution in [0, 0.1) is 0 Å². The number of urea groups is 1. The molecule has 41 heavy (non-hydrogen) atoms. The molecule has 9 nitrogen and oxygen atoms in total. The van der Waals surface area contributed by atoms with Crippen molar-refractivity contribution in [3.05, 3.63) is 101 Å². The zero-order valence-electron chi connectivity index (χ0n) is 23.5. The maximum Gasteiger partial charge on any atom is 0.319 e. The number of ether oxygens (including phenoxy) is 2. The number of carbonyl (C=O) groups is 4. The van der Waals surface area contributed by atoms with Crippen molar-refractivity contribution in [3.63, 3.8) is 0 Å². The first kappa shape index (κ1) is 29.5. The summed E-state index contributed by atoms with van der Waals surface area (Å²) >= 11 is 0.